The SMILES string of the molecule is COc1ccc(N(CC(=O)N/N=C\c2cc(C)n(-c3ccc(Cl)cc3)c2C)S(=O)(=O)c2ccc(C)c([N+](=O)[O-])c2)cc1. The Morgan fingerprint density at radius 3 is 2.36 bits per heavy atom. The number of hydrazone groups is 1. The Balaban J connectivity index is 1.59. The summed E-state index contributed by atoms with van der Waals surface area (Å²) in [4.78, 5) is 23.5. The molecule has 0 saturated carbocycles. The van der Waals surface area contributed by atoms with E-state index in [1.165, 1.54) is 44.5 Å². The molecule has 4 rings (SSSR count). The molecular weight excluding hydrogens is 582 g/mol. The Morgan fingerprint density at radius 1 is 1.07 bits per heavy atom. The number of halogens is 1. The molecule has 1 aromatic heterocycles. The fraction of sp³-hybridized carbons (Fsp3) is 0.172. The van der Waals surface area contributed by atoms with Crippen molar-refractivity contribution in [3.05, 3.63) is 110 Å². The van der Waals surface area contributed by atoms with E-state index in [4.69, 9.17) is 16.3 Å². The Morgan fingerprint density at radius 2 is 1.74 bits per heavy atom. The number of aromatic nitrogens is 1. The molecule has 0 aliphatic rings. The van der Waals surface area contributed by atoms with Crippen molar-refractivity contribution in [2.75, 3.05) is 18.0 Å². The van der Waals surface area contributed by atoms with Gasteiger partial charge >= 0.3 is 0 Å². The van der Waals surface area contributed by atoms with Gasteiger partial charge < -0.3 is 9.30 Å². The summed E-state index contributed by atoms with van der Waals surface area (Å²) in [5, 5.41) is 16.1. The molecule has 13 heteroatoms. The number of hydrogen-bond donors (Lipinski definition) is 1. The van der Waals surface area contributed by atoms with Crippen LogP contribution >= 0.6 is 11.6 Å². The zero-order valence-electron chi connectivity index (χ0n) is 23.2. The van der Waals surface area contributed by atoms with Crippen molar-refractivity contribution in [2.24, 2.45) is 5.10 Å². The smallest absolute Gasteiger partial charge is 0.273 e. The molecule has 0 atom stereocenters. The van der Waals surface area contributed by atoms with Crippen molar-refractivity contribution in [3.8, 4) is 11.4 Å². The van der Waals surface area contributed by atoms with Crippen LogP contribution in [0.4, 0.5) is 11.4 Å². The van der Waals surface area contributed by atoms with Crippen LogP contribution in [-0.2, 0) is 14.8 Å². The molecule has 0 radical (unpaired) electrons. The molecule has 0 bridgehead atoms. The first kappa shape index (κ1) is 30.3. The van der Waals surface area contributed by atoms with E-state index in [0.29, 0.717) is 16.3 Å². The molecule has 42 heavy (non-hydrogen) atoms. The minimum Gasteiger partial charge on any atom is -0.497 e. The Bertz CT molecular complexity index is 1770. The fourth-order valence-electron chi connectivity index (χ4n) is 4.38. The van der Waals surface area contributed by atoms with Crippen molar-refractivity contribution in [2.45, 2.75) is 25.7 Å². The summed E-state index contributed by atoms with van der Waals surface area (Å²) in [5.41, 5.74) is 5.96. The highest BCUT2D eigenvalue weighted by Gasteiger charge is 2.29. The number of aryl methyl sites for hydroxylation is 2. The molecule has 11 nitrogen and oxygen atoms in total. The highest BCUT2D eigenvalue weighted by molar-refractivity contribution is 7.92. The number of benzene rings is 3. The van der Waals surface area contributed by atoms with Crippen molar-refractivity contribution in [1.29, 1.82) is 0 Å². The van der Waals surface area contributed by atoms with E-state index in [-0.39, 0.29) is 16.3 Å². The number of nitrogens with zero attached hydrogens (tertiary/aromatic N) is 4. The Hall–Kier alpha value is -4.68. The number of sulfonamides is 1. The Kier molecular flexibility index (Phi) is 8.98. The van der Waals surface area contributed by atoms with Crippen LogP contribution in [0.2, 0.25) is 5.02 Å². The number of nitro groups is 1. The molecule has 0 saturated heterocycles. The molecule has 4 aromatic rings. The van der Waals surface area contributed by atoms with Crippen molar-refractivity contribution in [3.63, 3.8) is 0 Å². The lowest BCUT2D eigenvalue weighted by atomic mass is 10.2. The average Bonchev–Trinajstić information content (AvgIpc) is 3.24. The number of carbonyl (C=O) groups excluding carboxylic acids is 1. The van der Waals surface area contributed by atoms with Gasteiger partial charge in [0.25, 0.3) is 21.6 Å². The summed E-state index contributed by atoms with van der Waals surface area (Å²) >= 11 is 6.01. The summed E-state index contributed by atoms with van der Waals surface area (Å²) in [6.45, 7) is 4.71. The van der Waals surface area contributed by atoms with Gasteiger partial charge in [0.2, 0.25) is 0 Å². The molecule has 1 heterocycles. The predicted molar refractivity (Wildman–Crippen MR) is 161 cm³/mol. The fourth-order valence-corrected chi connectivity index (χ4v) is 5.95. The van der Waals surface area contributed by atoms with Crippen LogP contribution in [0.15, 0.2) is 82.8 Å². The van der Waals surface area contributed by atoms with E-state index in [0.717, 1.165) is 33.0 Å². The number of nitro benzene ring substituents is 1. The zero-order chi connectivity index (χ0) is 30.6. The molecule has 0 aliphatic carbocycles. The van der Waals surface area contributed by atoms with E-state index in [1.807, 2.05) is 36.6 Å². The second-order valence-electron chi connectivity index (χ2n) is 9.35. The Labute approximate surface area is 248 Å². The summed E-state index contributed by atoms with van der Waals surface area (Å²) in [6, 6.07) is 18.9. The monoisotopic (exact) mass is 609 g/mol. The first-order valence-electron chi connectivity index (χ1n) is 12.6. The van der Waals surface area contributed by atoms with Crippen LogP contribution in [0, 0.1) is 30.9 Å². The van der Waals surface area contributed by atoms with Crippen LogP contribution in [0.1, 0.15) is 22.5 Å². The molecule has 218 valence electrons. The van der Waals surface area contributed by atoms with Crippen LogP contribution < -0.4 is 14.5 Å². The van der Waals surface area contributed by atoms with Crippen LogP contribution in [0.5, 0.6) is 5.75 Å². The maximum Gasteiger partial charge on any atom is 0.273 e. The maximum atomic E-state index is 13.7. The van der Waals surface area contributed by atoms with Gasteiger partial charge in [0.05, 0.1) is 28.8 Å². The zero-order valence-corrected chi connectivity index (χ0v) is 24.8. The summed E-state index contributed by atoms with van der Waals surface area (Å²) in [5.74, 6) is -0.244. The number of anilines is 1. The predicted octanol–water partition coefficient (Wildman–Crippen LogP) is 5.32. The van der Waals surface area contributed by atoms with Crippen LogP contribution in [-0.4, -0.2) is 43.7 Å². The van der Waals surface area contributed by atoms with Gasteiger partial charge in [0.15, 0.2) is 0 Å². The number of carbonyl (C=O) groups is 1. The largest absolute Gasteiger partial charge is 0.497 e. The van der Waals surface area contributed by atoms with E-state index in [1.54, 1.807) is 24.3 Å². The van der Waals surface area contributed by atoms with Gasteiger partial charge in [-0.1, -0.05) is 17.7 Å². The van der Waals surface area contributed by atoms with E-state index in [9.17, 15) is 23.3 Å². The second kappa shape index (κ2) is 12.5. The second-order valence-corrected chi connectivity index (χ2v) is 11.6. The number of amides is 1. The number of hydrogen-bond acceptors (Lipinski definition) is 7. The summed E-state index contributed by atoms with van der Waals surface area (Å²) < 4.78 is 35.4. The van der Waals surface area contributed by atoms with Gasteiger partial charge in [0.1, 0.15) is 12.3 Å². The van der Waals surface area contributed by atoms with E-state index in [2.05, 4.69) is 10.5 Å². The van der Waals surface area contributed by atoms with Gasteiger partial charge in [-0.3, -0.25) is 19.2 Å². The van der Waals surface area contributed by atoms with Crippen molar-refractivity contribution >= 4 is 45.1 Å². The molecule has 0 aliphatic heterocycles. The lowest BCUT2D eigenvalue weighted by Gasteiger charge is -2.24. The van der Waals surface area contributed by atoms with Crippen molar-refractivity contribution < 1.29 is 22.9 Å². The molecule has 1 amide bonds. The molecule has 0 fully saturated rings. The minimum atomic E-state index is -4.40. The quantitative estimate of drug-likeness (QED) is 0.147. The topological polar surface area (TPSA) is 136 Å². The average molecular weight is 610 g/mol. The first-order chi connectivity index (χ1) is 19.9. The number of rotatable bonds is 10. The molecule has 0 unspecified atom stereocenters. The third kappa shape index (κ3) is 6.45. The highest BCUT2D eigenvalue weighted by atomic mass is 35.5. The maximum absolute atomic E-state index is 13.7. The van der Waals surface area contributed by atoms with Gasteiger partial charge in [-0.05, 0) is 81.4 Å². The van der Waals surface area contributed by atoms with Gasteiger partial charge in [0, 0.05) is 39.3 Å². The van der Waals surface area contributed by atoms with Crippen LogP contribution in [0.25, 0.3) is 5.69 Å². The standard InChI is InChI=1S/C29H28ClN5O6S/c1-19-5-14-27(16-28(19)35(37)38)42(39,40)33(24-10-12-26(41-4)13-11-24)18-29(36)32-31-17-22-15-20(2)34(21(22)3)25-8-6-23(30)7-9-25/h5-17H,18H2,1-4H3,(H,32,36)/b31-17-. The number of nitrogens with one attached hydrogen (secondary N) is 1. The van der Waals surface area contributed by atoms with Gasteiger partial charge in [-0.2, -0.15) is 5.10 Å². The molecule has 0 spiro atoms. The molecule has 3 aromatic carbocycles. The van der Waals surface area contributed by atoms with E-state index >= 15 is 0 Å². The lowest BCUT2D eigenvalue weighted by Crippen LogP contribution is -2.39. The summed E-state index contributed by atoms with van der Waals surface area (Å²) in [7, 11) is -2.93. The number of methoxy groups -OCH3 is 1. The lowest BCUT2D eigenvalue weighted by molar-refractivity contribution is -0.385. The molecule has 1 N–H and O–H groups in total. The summed E-state index contributed by atoms with van der Waals surface area (Å²) in [6.07, 6.45) is 1.47. The number of ether oxygens (including phenoxy) is 1. The third-order valence-electron chi connectivity index (χ3n) is 6.56. The minimum absolute atomic E-state index is 0.157. The molecular formula is C29H28ClN5O6S. The normalized spacial score (nSPS) is 11.5. The third-order valence-corrected chi connectivity index (χ3v) is 8.58. The van der Waals surface area contributed by atoms with Crippen molar-refractivity contribution in [1.82, 2.24) is 9.99 Å². The van der Waals surface area contributed by atoms with Gasteiger partial charge in [-0.25, -0.2) is 13.8 Å². The first-order valence-corrected chi connectivity index (χ1v) is 14.4. The highest BCUT2D eigenvalue weighted by Crippen LogP contribution is 2.29. The van der Waals surface area contributed by atoms with E-state index < -0.39 is 27.4 Å². The van der Waals surface area contributed by atoms with Crippen LogP contribution in [0.3, 0.4) is 0 Å². The van der Waals surface area contributed by atoms with Gasteiger partial charge in [-0.15, -0.1) is 0 Å².